The Balaban J connectivity index is 1.18. The first kappa shape index (κ1) is 29.8. The quantitative estimate of drug-likeness (QED) is 0.185. The normalized spacial score (nSPS) is 14.4. The molecule has 2 aliphatic rings. The van der Waals surface area contributed by atoms with E-state index in [1.807, 2.05) is 0 Å². The molecule has 0 saturated heterocycles. The van der Waals surface area contributed by atoms with Crippen LogP contribution in [0, 0.1) is 0 Å². The van der Waals surface area contributed by atoms with E-state index in [-0.39, 0.29) is 5.41 Å². The predicted molar refractivity (Wildman–Crippen MR) is 221 cm³/mol. The van der Waals surface area contributed by atoms with Gasteiger partial charge in [-0.25, -0.2) is 4.98 Å². The van der Waals surface area contributed by atoms with E-state index in [1.54, 1.807) is 0 Å². The Bertz CT molecular complexity index is 3210. The van der Waals surface area contributed by atoms with Crippen LogP contribution in [0.5, 0.6) is 0 Å². The monoisotopic (exact) mass is 694 g/mol. The Kier molecular flexibility index (Phi) is 5.89. The summed E-state index contributed by atoms with van der Waals surface area (Å²) in [7, 11) is 0. The maximum atomic E-state index is 6.90. The predicted octanol–water partition coefficient (Wildman–Crippen LogP) is 12.3. The van der Waals surface area contributed by atoms with Crippen molar-refractivity contribution >= 4 is 60.9 Å². The van der Waals surface area contributed by atoms with Crippen molar-refractivity contribution < 1.29 is 4.42 Å². The average molecular weight is 695 g/mol. The Morgan fingerprint density at radius 2 is 1.28 bits per heavy atom. The third-order valence-corrected chi connectivity index (χ3v) is 12.0. The molecule has 0 N–H and O–H groups in total. The van der Waals surface area contributed by atoms with Gasteiger partial charge in [0.1, 0.15) is 11.1 Å². The second-order valence-electron chi connectivity index (χ2n) is 15.3. The summed E-state index contributed by atoms with van der Waals surface area (Å²) in [4.78, 5) is 11.0. The second-order valence-corrected chi connectivity index (χ2v) is 15.3. The highest BCUT2D eigenvalue weighted by molar-refractivity contribution is 6.10. The second kappa shape index (κ2) is 10.7. The molecule has 2 aliphatic carbocycles. The number of rotatable bonds is 3. The molecule has 256 valence electrons. The van der Waals surface area contributed by atoms with E-state index in [1.165, 1.54) is 55.2 Å². The smallest absolute Gasteiger partial charge is 0.237 e. The molecule has 0 unspecified atom stereocenters. The fourth-order valence-corrected chi connectivity index (χ4v) is 9.68. The number of fused-ring (bicyclic) bond motifs is 12. The molecule has 0 fully saturated rings. The first-order valence-electron chi connectivity index (χ1n) is 18.8. The van der Waals surface area contributed by atoms with Crippen LogP contribution in [0.3, 0.4) is 0 Å². The highest BCUT2D eigenvalue weighted by atomic mass is 16.3. The molecular weight excluding hydrogens is 661 g/mol. The van der Waals surface area contributed by atoms with Crippen LogP contribution in [0.2, 0.25) is 0 Å². The summed E-state index contributed by atoms with van der Waals surface area (Å²) < 4.78 is 11.5. The van der Waals surface area contributed by atoms with Gasteiger partial charge in [-0.3, -0.25) is 9.13 Å². The number of nitrogens with zero attached hydrogens (tertiary/aromatic N) is 4. The molecule has 0 atom stereocenters. The van der Waals surface area contributed by atoms with Crippen molar-refractivity contribution in [3.05, 3.63) is 162 Å². The van der Waals surface area contributed by atoms with Crippen molar-refractivity contribution in [1.82, 2.24) is 19.1 Å². The zero-order chi connectivity index (χ0) is 35.7. The molecule has 10 aromatic rings. The molecule has 0 amide bonds. The van der Waals surface area contributed by atoms with E-state index in [0.717, 1.165) is 57.3 Å². The van der Waals surface area contributed by atoms with Crippen molar-refractivity contribution in [1.29, 1.82) is 0 Å². The van der Waals surface area contributed by atoms with Gasteiger partial charge in [0.25, 0.3) is 0 Å². The van der Waals surface area contributed by atoms with Crippen LogP contribution in [-0.2, 0) is 11.8 Å². The molecular formula is C49H34N4O. The minimum Gasteiger partial charge on any atom is -0.450 e. The van der Waals surface area contributed by atoms with E-state index >= 15 is 0 Å². The van der Waals surface area contributed by atoms with Gasteiger partial charge in [0.05, 0.1) is 16.6 Å². The Morgan fingerprint density at radius 3 is 2.07 bits per heavy atom. The van der Waals surface area contributed by atoms with E-state index in [9.17, 15) is 0 Å². The topological polar surface area (TPSA) is 48.8 Å². The number of para-hydroxylation sites is 3. The highest BCUT2D eigenvalue weighted by Gasteiger charge is 2.37. The van der Waals surface area contributed by atoms with Crippen molar-refractivity contribution in [2.24, 2.45) is 0 Å². The zero-order valence-electron chi connectivity index (χ0n) is 30.0. The van der Waals surface area contributed by atoms with Crippen LogP contribution in [0.4, 0.5) is 0 Å². The van der Waals surface area contributed by atoms with Gasteiger partial charge >= 0.3 is 0 Å². The molecule has 6 aromatic carbocycles. The average Bonchev–Trinajstić information content (AvgIpc) is 3.93. The molecule has 0 saturated carbocycles. The van der Waals surface area contributed by atoms with Crippen LogP contribution < -0.4 is 0 Å². The fraction of sp³-hybridized carbons (Fsp3) is 0.102. The molecule has 0 bridgehead atoms. The lowest BCUT2D eigenvalue weighted by atomic mass is 9.79. The maximum Gasteiger partial charge on any atom is 0.237 e. The third-order valence-electron chi connectivity index (χ3n) is 12.0. The summed E-state index contributed by atoms with van der Waals surface area (Å²) in [6, 6.07) is 47.9. The number of furan rings is 1. The van der Waals surface area contributed by atoms with Gasteiger partial charge in [0.2, 0.25) is 5.95 Å². The first-order valence-corrected chi connectivity index (χ1v) is 18.8. The molecule has 5 heteroatoms. The summed E-state index contributed by atoms with van der Waals surface area (Å²) in [5.74, 6) is 1.39. The first-order chi connectivity index (χ1) is 26.6. The highest BCUT2D eigenvalue weighted by Crippen LogP contribution is 2.52. The van der Waals surface area contributed by atoms with Crippen molar-refractivity contribution in [3.8, 4) is 34.0 Å². The summed E-state index contributed by atoms with van der Waals surface area (Å²) in [5.41, 5.74) is 15.6. The molecule has 4 aromatic heterocycles. The van der Waals surface area contributed by atoms with Gasteiger partial charge in [0, 0.05) is 38.2 Å². The van der Waals surface area contributed by atoms with Crippen LogP contribution in [0.25, 0.3) is 94.9 Å². The minimum absolute atomic E-state index is 0.141. The van der Waals surface area contributed by atoms with Gasteiger partial charge in [-0.15, -0.1) is 0 Å². The van der Waals surface area contributed by atoms with Gasteiger partial charge in [-0.1, -0.05) is 129 Å². The molecule has 12 rings (SSSR count). The number of aromatic nitrogens is 4. The van der Waals surface area contributed by atoms with Crippen molar-refractivity contribution in [3.63, 3.8) is 0 Å². The number of allylic oxidation sites excluding steroid dienone is 1. The molecule has 54 heavy (non-hydrogen) atoms. The maximum absolute atomic E-state index is 6.90. The van der Waals surface area contributed by atoms with Crippen LogP contribution in [-0.4, -0.2) is 19.1 Å². The van der Waals surface area contributed by atoms with Crippen LogP contribution in [0.15, 0.2) is 144 Å². The standard InChI is InChI=1S/C49H34N4O/c1-49(2)38-21-8-3-14-31(38)36-20-13-19-30(44(36)49)29-26-27-43-37(28-29)45-46(54-43)47(52-39-22-9-4-15-32(39)33-16-5-10-23-40(33)52)51-48(50-45)53-41-24-11-6-17-34(41)35-18-7-12-25-42(35)53/h3-9,11-22,24-28H,10,23H2,1-2H3. The fourth-order valence-electron chi connectivity index (χ4n) is 9.68. The molecule has 4 heterocycles. The van der Waals surface area contributed by atoms with Crippen LogP contribution in [0.1, 0.15) is 42.7 Å². The summed E-state index contributed by atoms with van der Waals surface area (Å²) in [6.45, 7) is 4.70. The minimum atomic E-state index is -0.141. The number of hydrogen-bond donors (Lipinski definition) is 0. The summed E-state index contributed by atoms with van der Waals surface area (Å²) >= 11 is 0. The van der Waals surface area contributed by atoms with Crippen molar-refractivity contribution in [2.45, 2.75) is 32.1 Å². The van der Waals surface area contributed by atoms with Gasteiger partial charge < -0.3 is 4.42 Å². The largest absolute Gasteiger partial charge is 0.450 e. The van der Waals surface area contributed by atoms with E-state index in [4.69, 9.17) is 14.4 Å². The third kappa shape index (κ3) is 3.88. The van der Waals surface area contributed by atoms with E-state index in [2.05, 4.69) is 169 Å². The Morgan fingerprint density at radius 1 is 0.611 bits per heavy atom. The molecule has 5 nitrogen and oxygen atoms in total. The number of hydrogen-bond acceptors (Lipinski definition) is 3. The van der Waals surface area contributed by atoms with Gasteiger partial charge in [-0.05, 0) is 76.6 Å². The molecule has 0 radical (unpaired) electrons. The summed E-state index contributed by atoms with van der Waals surface area (Å²) in [6.07, 6.45) is 6.44. The van der Waals surface area contributed by atoms with Gasteiger partial charge in [-0.2, -0.15) is 4.98 Å². The van der Waals surface area contributed by atoms with Crippen molar-refractivity contribution in [2.75, 3.05) is 0 Å². The molecule has 0 spiro atoms. The Labute approximate surface area is 311 Å². The van der Waals surface area contributed by atoms with Crippen LogP contribution >= 0.6 is 0 Å². The molecule has 0 aliphatic heterocycles. The van der Waals surface area contributed by atoms with Gasteiger partial charge in [0.15, 0.2) is 11.4 Å². The number of benzene rings is 6. The Hall–Kier alpha value is -6.72. The lowest BCUT2D eigenvalue weighted by Gasteiger charge is -2.24. The van der Waals surface area contributed by atoms with E-state index < -0.39 is 0 Å². The lowest BCUT2D eigenvalue weighted by molar-refractivity contribution is 0.659. The van der Waals surface area contributed by atoms with E-state index in [0.29, 0.717) is 11.5 Å². The lowest BCUT2D eigenvalue weighted by Crippen LogP contribution is -2.16. The zero-order valence-corrected chi connectivity index (χ0v) is 30.0. The summed E-state index contributed by atoms with van der Waals surface area (Å²) in [5, 5.41) is 4.54. The SMILES string of the molecule is CC1(C)c2ccccc2-c2cccc(-c3ccc4oc5c(-n6c7c(c8ccccc86)C=CCC7)nc(-n6c7ccccc7c7ccccc76)nc5c4c3)c21.